The number of carbonyl (C=O) groups is 2. The van der Waals surface area contributed by atoms with E-state index in [2.05, 4.69) is 0 Å². The van der Waals surface area contributed by atoms with Crippen molar-refractivity contribution in [3.63, 3.8) is 0 Å². The van der Waals surface area contributed by atoms with Crippen LogP contribution in [0.2, 0.25) is 0 Å². The lowest BCUT2D eigenvalue weighted by molar-refractivity contribution is -0.132. The predicted molar refractivity (Wildman–Crippen MR) is 96.1 cm³/mol. The molecule has 0 aromatic heterocycles. The number of aldehydes is 1. The molecule has 0 aromatic carbocycles. The molecule has 1 N–H and O–H groups in total. The molecule has 0 bridgehead atoms. The molecular weight excluding hydrogens is 288 g/mol. The molecule has 0 amide bonds. The van der Waals surface area contributed by atoms with Gasteiger partial charge in [0.15, 0.2) is 0 Å². The van der Waals surface area contributed by atoms with E-state index in [-0.39, 0.29) is 0 Å². The van der Waals surface area contributed by atoms with Gasteiger partial charge < -0.3 is 5.11 Å². The highest BCUT2D eigenvalue weighted by atomic mass is 16.4. The number of allylic oxidation sites excluding steroid dienone is 13. The summed E-state index contributed by atoms with van der Waals surface area (Å²) in [4.78, 5) is 21.0. The molecule has 0 fully saturated rings. The molecule has 0 aromatic rings. The second-order valence-electron chi connectivity index (χ2n) is 5.11. The lowest BCUT2D eigenvalue weighted by atomic mass is 10.2. The van der Waals surface area contributed by atoms with Crippen LogP contribution in [0.1, 0.15) is 27.7 Å². The molecule has 0 rings (SSSR count). The first-order valence-corrected chi connectivity index (χ1v) is 7.27. The van der Waals surface area contributed by atoms with Crippen LogP contribution >= 0.6 is 0 Å². The first kappa shape index (κ1) is 20.3. The molecule has 0 saturated heterocycles. The Morgan fingerprint density at radius 3 is 1.57 bits per heavy atom. The van der Waals surface area contributed by atoms with Gasteiger partial charge in [-0.15, -0.1) is 0 Å². The SMILES string of the molecule is CC(C=O)=CC=CC(C)=CC=CC=C(C)C=CC=C(C)C(=O)O. The number of hydrogen-bond donors (Lipinski definition) is 1. The molecule has 0 spiro atoms. The highest BCUT2D eigenvalue weighted by molar-refractivity contribution is 5.86. The Kier molecular flexibility index (Phi) is 10.5. The van der Waals surface area contributed by atoms with Gasteiger partial charge in [0.1, 0.15) is 6.29 Å². The van der Waals surface area contributed by atoms with Crippen molar-refractivity contribution in [3.05, 3.63) is 83.1 Å². The molecule has 3 heteroatoms. The minimum atomic E-state index is -0.914. The summed E-state index contributed by atoms with van der Waals surface area (Å²) in [7, 11) is 0. The van der Waals surface area contributed by atoms with Gasteiger partial charge in [0.05, 0.1) is 0 Å². The van der Waals surface area contributed by atoms with Gasteiger partial charge in [0.25, 0.3) is 0 Å². The van der Waals surface area contributed by atoms with Gasteiger partial charge in [-0.1, -0.05) is 71.9 Å². The van der Waals surface area contributed by atoms with Gasteiger partial charge in [-0.3, -0.25) is 4.79 Å². The fourth-order valence-electron chi connectivity index (χ4n) is 1.33. The zero-order valence-corrected chi connectivity index (χ0v) is 14.1. The van der Waals surface area contributed by atoms with Crippen molar-refractivity contribution in [1.82, 2.24) is 0 Å². The number of carboxylic acids is 1. The quantitative estimate of drug-likeness (QED) is 0.401. The van der Waals surface area contributed by atoms with Crippen molar-refractivity contribution in [2.75, 3.05) is 0 Å². The molecule has 0 aliphatic carbocycles. The fraction of sp³-hybridized carbons (Fsp3) is 0.200. The van der Waals surface area contributed by atoms with E-state index in [0.29, 0.717) is 11.1 Å². The number of rotatable bonds is 8. The van der Waals surface area contributed by atoms with Crippen molar-refractivity contribution in [2.45, 2.75) is 27.7 Å². The Hall–Kier alpha value is -2.68. The Balaban J connectivity index is 4.58. The molecule has 23 heavy (non-hydrogen) atoms. The van der Waals surface area contributed by atoms with Crippen LogP contribution in [0.5, 0.6) is 0 Å². The first-order valence-electron chi connectivity index (χ1n) is 7.27. The lowest BCUT2D eigenvalue weighted by Crippen LogP contribution is -1.94. The first-order chi connectivity index (χ1) is 10.9. The molecule has 0 aliphatic rings. The van der Waals surface area contributed by atoms with Crippen molar-refractivity contribution in [2.24, 2.45) is 0 Å². The summed E-state index contributed by atoms with van der Waals surface area (Å²) in [6.45, 7) is 7.22. The van der Waals surface area contributed by atoms with Crippen LogP contribution in [0, 0.1) is 0 Å². The Morgan fingerprint density at radius 2 is 1.13 bits per heavy atom. The molecule has 0 saturated carbocycles. The minimum absolute atomic E-state index is 0.300. The number of carboxylic acid groups (broad SMARTS) is 1. The van der Waals surface area contributed by atoms with Gasteiger partial charge >= 0.3 is 5.97 Å². The standard InChI is InChI=1S/C20H24O3/c1-16(11-7-13-18(3)15-21)9-5-6-10-17(2)12-8-14-19(4)20(22)23/h5-15H,1-4H3,(H,22,23). The molecule has 0 radical (unpaired) electrons. The van der Waals surface area contributed by atoms with E-state index in [1.807, 2.05) is 56.4 Å². The second-order valence-corrected chi connectivity index (χ2v) is 5.11. The van der Waals surface area contributed by atoms with Crippen molar-refractivity contribution >= 4 is 12.3 Å². The Labute approximate surface area is 138 Å². The molecule has 0 atom stereocenters. The summed E-state index contributed by atoms with van der Waals surface area (Å²) in [5.74, 6) is -0.914. The third kappa shape index (κ3) is 11.6. The van der Waals surface area contributed by atoms with Crippen LogP contribution in [0.3, 0.4) is 0 Å². The molecule has 122 valence electrons. The normalized spacial score (nSPS) is 15.1. The van der Waals surface area contributed by atoms with Crippen LogP contribution in [0.15, 0.2) is 83.1 Å². The Morgan fingerprint density at radius 1 is 0.696 bits per heavy atom. The summed E-state index contributed by atoms with van der Waals surface area (Å²) in [6, 6.07) is 0. The van der Waals surface area contributed by atoms with Gasteiger partial charge in [-0.05, 0) is 33.3 Å². The van der Waals surface area contributed by atoms with Crippen molar-refractivity contribution in [1.29, 1.82) is 0 Å². The van der Waals surface area contributed by atoms with Crippen LogP contribution < -0.4 is 0 Å². The molecule has 0 heterocycles. The van der Waals surface area contributed by atoms with Crippen LogP contribution in [-0.2, 0) is 9.59 Å². The van der Waals surface area contributed by atoms with Crippen LogP contribution in [0.25, 0.3) is 0 Å². The van der Waals surface area contributed by atoms with Crippen LogP contribution in [-0.4, -0.2) is 17.4 Å². The zero-order chi connectivity index (χ0) is 17.7. The fourth-order valence-corrected chi connectivity index (χ4v) is 1.33. The lowest BCUT2D eigenvalue weighted by Gasteiger charge is -1.90. The van der Waals surface area contributed by atoms with E-state index in [9.17, 15) is 9.59 Å². The maximum atomic E-state index is 10.6. The smallest absolute Gasteiger partial charge is 0.331 e. The topological polar surface area (TPSA) is 54.4 Å². The number of hydrogen-bond acceptors (Lipinski definition) is 2. The third-order valence-corrected chi connectivity index (χ3v) is 2.78. The summed E-state index contributed by atoms with van der Waals surface area (Å²) in [6.07, 6.45) is 19.2. The summed E-state index contributed by atoms with van der Waals surface area (Å²) in [5.41, 5.74) is 3.07. The summed E-state index contributed by atoms with van der Waals surface area (Å²) in [5, 5.41) is 8.72. The summed E-state index contributed by atoms with van der Waals surface area (Å²) >= 11 is 0. The van der Waals surface area contributed by atoms with Crippen molar-refractivity contribution in [3.8, 4) is 0 Å². The summed E-state index contributed by atoms with van der Waals surface area (Å²) < 4.78 is 0. The molecule has 0 aliphatic heterocycles. The van der Waals surface area contributed by atoms with Gasteiger partial charge in [0, 0.05) is 5.57 Å². The van der Waals surface area contributed by atoms with Crippen molar-refractivity contribution < 1.29 is 14.7 Å². The average Bonchev–Trinajstić information content (AvgIpc) is 2.51. The maximum absolute atomic E-state index is 10.6. The number of carbonyl (C=O) groups excluding carboxylic acids is 1. The molecular formula is C20H24O3. The van der Waals surface area contributed by atoms with Gasteiger partial charge in [-0.25, -0.2) is 4.79 Å². The number of aliphatic carboxylic acids is 1. The van der Waals surface area contributed by atoms with E-state index in [0.717, 1.165) is 17.4 Å². The highest BCUT2D eigenvalue weighted by Crippen LogP contribution is 2.00. The second kappa shape index (κ2) is 11.9. The minimum Gasteiger partial charge on any atom is -0.478 e. The third-order valence-electron chi connectivity index (χ3n) is 2.78. The average molecular weight is 312 g/mol. The van der Waals surface area contributed by atoms with E-state index in [1.165, 1.54) is 0 Å². The van der Waals surface area contributed by atoms with Gasteiger partial charge in [0.2, 0.25) is 0 Å². The monoisotopic (exact) mass is 312 g/mol. The van der Waals surface area contributed by atoms with E-state index < -0.39 is 5.97 Å². The molecule has 0 unspecified atom stereocenters. The van der Waals surface area contributed by atoms with Gasteiger partial charge in [-0.2, -0.15) is 0 Å². The largest absolute Gasteiger partial charge is 0.478 e. The zero-order valence-electron chi connectivity index (χ0n) is 14.1. The van der Waals surface area contributed by atoms with E-state index in [4.69, 9.17) is 5.11 Å². The Bertz CT molecular complexity index is 621. The van der Waals surface area contributed by atoms with Crippen LogP contribution in [0.4, 0.5) is 0 Å². The highest BCUT2D eigenvalue weighted by Gasteiger charge is 1.95. The van der Waals surface area contributed by atoms with E-state index in [1.54, 1.807) is 32.1 Å². The van der Waals surface area contributed by atoms with E-state index >= 15 is 0 Å². The predicted octanol–water partition coefficient (Wildman–Crippen LogP) is 4.72. The maximum Gasteiger partial charge on any atom is 0.331 e. The molecule has 3 nitrogen and oxygen atoms in total.